The summed E-state index contributed by atoms with van der Waals surface area (Å²) in [7, 11) is 0. The molecule has 1 fully saturated rings. The first-order valence-corrected chi connectivity index (χ1v) is 7.40. The third-order valence-corrected chi connectivity index (χ3v) is 3.91. The number of morpholine rings is 1. The summed E-state index contributed by atoms with van der Waals surface area (Å²) < 4.78 is 5.78. The second-order valence-corrected chi connectivity index (χ2v) is 5.54. The molecule has 1 heterocycles. The van der Waals surface area contributed by atoms with E-state index in [9.17, 15) is 9.90 Å². The van der Waals surface area contributed by atoms with Crippen LogP contribution < -0.4 is 0 Å². The van der Waals surface area contributed by atoms with Gasteiger partial charge in [0.2, 0.25) is 0 Å². The summed E-state index contributed by atoms with van der Waals surface area (Å²) in [5, 5.41) is 9.94. The van der Waals surface area contributed by atoms with Gasteiger partial charge < -0.3 is 14.7 Å². The third kappa shape index (κ3) is 2.97. The predicted molar refractivity (Wildman–Crippen MR) is 83.9 cm³/mol. The van der Waals surface area contributed by atoms with Gasteiger partial charge in [0.1, 0.15) is 11.9 Å². The van der Waals surface area contributed by atoms with Crippen LogP contribution in [-0.4, -0.2) is 35.6 Å². The molecule has 2 aromatic rings. The van der Waals surface area contributed by atoms with Crippen LogP contribution in [0.4, 0.5) is 0 Å². The number of ether oxygens (including phenoxy) is 1. The molecule has 1 saturated heterocycles. The maximum Gasteiger partial charge on any atom is 0.257 e. The molecule has 0 aromatic heterocycles. The van der Waals surface area contributed by atoms with E-state index < -0.39 is 0 Å². The molecular weight excluding hydrogens is 278 g/mol. The standard InChI is InChI=1S/C18H19NO3/c1-13-7-8-16(20)15(11-13)18(21)19-9-10-22-17(12-19)14-5-3-2-4-6-14/h2-8,11,17,20H,9-10,12H2,1H3. The van der Waals surface area contributed by atoms with Crippen molar-refractivity contribution in [1.82, 2.24) is 4.90 Å². The molecule has 1 atom stereocenters. The molecule has 1 aliphatic rings. The van der Waals surface area contributed by atoms with Crippen molar-refractivity contribution >= 4 is 5.91 Å². The van der Waals surface area contributed by atoms with E-state index in [4.69, 9.17) is 4.74 Å². The number of aryl methyl sites for hydroxylation is 1. The lowest BCUT2D eigenvalue weighted by atomic mass is 10.1. The Morgan fingerprint density at radius 1 is 1.23 bits per heavy atom. The topological polar surface area (TPSA) is 49.8 Å². The van der Waals surface area contributed by atoms with Gasteiger partial charge in [-0.3, -0.25) is 4.79 Å². The minimum absolute atomic E-state index is 0.0263. The number of hydrogen-bond donors (Lipinski definition) is 1. The van der Waals surface area contributed by atoms with Gasteiger partial charge in [-0.1, -0.05) is 42.0 Å². The van der Waals surface area contributed by atoms with Crippen molar-refractivity contribution in [1.29, 1.82) is 0 Å². The Bertz CT molecular complexity index is 669. The van der Waals surface area contributed by atoms with Crippen molar-refractivity contribution in [2.24, 2.45) is 0 Å². The van der Waals surface area contributed by atoms with Crippen molar-refractivity contribution in [3.05, 3.63) is 65.2 Å². The van der Waals surface area contributed by atoms with Crippen LogP contribution in [0.5, 0.6) is 5.75 Å². The maximum absolute atomic E-state index is 12.7. The highest BCUT2D eigenvalue weighted by atomic mass is 16.5. The number of phenolic OH excluding ortho intramolecular Hbond substituents is 1. The van der Waals surface area contributed by atoms with E-state index in [-0.39, 0.29) is 17.8 Å². The molecule has 0 spiro atoms. The molecule has 4 heteroatoms. The minimum atomic E-state index is -0.148. The number of rotatable bonds is 2. The Hall–Kier alpha value is -2.33. The van der Waals surface area contributed by atoms with Crippen LogP contribution in [0.1, 0.15) is 27.6 Å². The van der Waals surface area contributed by atoms with E-state index in [0.717, 1.165) is 11.1 Å². The summed E-state index contributed by atoms with van der Waals surface area (Å²) in [6, 6.07) is 15.0. The number of carbonyl (C=O) groups excluding carboxylic acids is 1. The lowest BCUT2D eigenvalue weighted by Gasteiger charge is -2.33. The zero-order valence-electron chi connectivity index (χ0n) is 12.5. The first-order chi connectivity index (χ1) is 10.6. The number of phenols is 1. The van der Waals surface area contributed by atoms with Crippen LogP contribution in [0.25, 0.3) is 0 Å². The van der Waals surface area contributed by atoms with E-state index in [0.29, 0.717) is 25.3 Å². The molecule has 4 nitrogen and oxygen atoms in total. The molecule has 0 saturated carbocycles. The molecule has 3 rings (SSSR count). The fourth-order valence-corrected chi connectivity index (χ4v) is 2.69. The Labute approximate surface area is 130 Å². The van der Waals surface area contributed by atoms with Gasteiger partial charge in [0.15, 0.2) is 0 Å². The van der Waals surface area contributed by atoms with Crippen molar-refractivity contribution in [3.8, 4) is 5.75 Å². The highest BCUT2D eigenvalue weighted by Crippen LogP contribution is 2.25. The van der Waals surface area contributed by atoms with E-state index >= 15 is 0 Å². The largest absolute Gasteiger partial charge is 0.507 e. The Morgan fingerprint density at radius 2 is 2.00 bits per heavy atom. The lowest BCUT2D eigenvalue weighted by molar-refractivity contribution is -0.0229. The molecule has 114 valence electrons. The van der Waals surface area contributed by atoms with Gasteiger partial charge in [0, 0.05) is 6.54 Å². The van der Waals surface area contributed by atoms with Gasteiger partial charge >= 0.3 is 0 Å². The SMILES string of the molecule is Cc1ccc(O)c(C(=O)N2CCOC(c3ccccc3)C2)c1. The Balaban J connectivity index is 1.80. The van der Waals surface area contributed by atoms with Crippen LogP contribution in [0.15, 0.2) is 48.5 Å². The molecule has 1 N–H and O–H groups in total. The van der Waals surface area contributed by atoms with E-state index in [1.807, 2.05) is 37.3 Å². The Kier molecular flexibility index (Phi) is 4.11. The fourth-order valence-electron chi connectivity index (χ4n) is 2.69. The molecule has 0 aliphatic carbocycles. The van der Waals surface area contributed by atoms with Crippen molar-refractivity contribution in [2.75, 3.05) is 19.7 Å². The van der Waals surface area contributed by atoms with Gasteiger partial charge in [-0.15, -0.1) is 0 Å². The smallest absolute Gasteiger partial charge is 0.257 e. The molecule has 22 heavy (non-hydrogen) atoms. The predicted octanol–water partition coefficient (Wildman–Crippen LogP) is 2.91. The van der Waals surface area contributed by atoms with Crippen LogP contribution in [0.3, 0.4) is 0 Å². The number of hydrogen-bond acceptors (Lipinski definition) is 3. The average Bonchev–Trinajstić information content (AvgIpc) is 2.57. The van der Waals surface area contributed by atoms with Gasteiger partial charge in [-0.25, -0.2) is 0 Å². The maximum atomic E-state index is 12.7. The van der Waals surface area contributed by atoms with Crippen molar-refractivity contribution in [3.63, 3.8) is 0 Å². The highest BCUT2D eigenvalue weighted by molar-refractivity contribution is 5.97. The second kappa shape index (κ2) is 6.20. The van der Waals surface area contributed by atoms with E-state index in [1.54, 1.807) is 23.1 Å². The summed E-state index contributed by atoms with van der Waals surface area (Å²) in [4.78, 5) is 14.4. The zero-order chi connectivity index (χ0) is 15.5. The number of aromatic hydroxyl groups is 1. The number of carbonyl (C=O) groups is 1. The minimum Gasteiger partial charge on any atom is -0.507 e. The van der Waals surface area contributed by atoms with Crippen LogP contribution in [0, 0.1) is 6.92 Å². The number of benzene rings is 2. The van der Waals surface area contributed by atoms with Gasteiger partial charge in [0.25, 0.3) is 5.91 Å². The summed E-state index contributed by atoms with van der Waals surface area (Å²) >= 11 is 0. The van der Waals surface area contributed by atoms with Crippen molar-refractivity contribution in [2.45, 2.75) is 13.0 Å². The van der Waals surface area contributed by atoms with Crippen molar-refractivity contribution < 1.29 is 14.6 Å². The first kappa shape index (κ1) is 14.6. The molecule has 1 amide bonds. The monoisotopic (exact) mass is 297 g/mol. The molecule has 1 unspecified atom stereocenters. The molecular formula is C18H19NO3. The normalized spacial score (nSPS) is 18.2. The zero-order valence-corrected chi connectivity index (χ0v) is 12.5. The van der Waals surface area contributed by atoms with Crippen LogP contribution in [-0.2, 0) is 4.74 Å². The van der Waals surface area contributed by atoms with Crippen LogP contribution >= 0.6 is 0 Å². The third-order valence-electron chi connectivity index (χ3n) is 3.91. The molecule has 0 bridgehead atoms. The average molecular weight is 297 g/mol. The summed E-state index contributed by atoms with van der Waals surface area (Å²) in [6.45, 7) is 3.44. The van der Waals surface area contributed by atoms with Gasteiger partial charge in [0.05, 0.1) is 18.7 Å². The molecule has 0 radical (unpaired) electrons. The summed E-state index contributed by atoms with van der Waals surface area (Å²) in [6.07, 6.45) is -0.120. The first-order valence-electron chi connectivity index (χ1n) is 7.40. The summed E-state index contributed by atoms with van der Waals surface area (Å²) in [5.41, 5.74) is 2.37. The van der Waals surface area contributed by atoms with E-state index in [1.165, 1.54) is 0 Å². The summed E-state index contributed by atoms with van der Waals surface area (Å²) in [5.74, 6) is -0.121. The lowest BCUT2D eigenvalue weighted by Crippen LogP contribution is -2.42. The van der Waals surface area contributed by atoms with Gasteiger partial charge in [-0.2, -0.15) is 0 Å². The highest BCUT2D eigenvalue weighted by Gasteiger charge is 2.27. The van der Waals surface area contributed by atoms with Gasteiger partial charge in [-0.05, 0) is 24.6 Å². The molecule has 1 aliphatic heterocycles. The quantitative estimate of drug-likeness (QED) is 0.927. The van der Waals surface area contributed by atoms with E-state index in [2.05, 4.69) is 0 Å². The fraction of sp³-hybridized carbons (Fsp3) is 0.278. The van der Waals surface area contributed by atoms with Crippen LogP contribution in [0.2, 0.25) is 0 Å². The number of nitrogens with zero attached hydrogens (tertiary/aromatic N) is 1. The number of amides is 1. The second-order valence-electron chi connectivity index (χ2n) is 5.54. The molecule has 2 aromatic carbocycles. The Morgan fingerprint density at radius 3 is 2.77 bits per heavy atom.